The van der Waals surface area contributed by atoms with Crippen molar-refractivity contribution >= 4 is 22.6 Å². The molecular formula is C24H27N7O2. The van der Waals surface area contributed by atoms with Crippen LogP contribution in [0.15, 0.2) is 24.3 Å². The summed E-state index contributed by atoms with van der Waals surface area (Å²) in [5, 5.41) is 15.6. The van der Waals surface area contributed by atoms with Crippen molar-refractivity contribution in [2.75, 3.05) is 12.4 Å². The van der Waals surface area contributed by atoms with E-state index >= 15 is 0 Å². The maximum Gasteiger partial charge on any atom is 0.242 e. The van der Waals surface area contributed by atoms with Crippen molar-refractivity contribution in [3.05, 3.63) is 46.9 Å². The molecule has 0 atom stereocenters. The highest BCUT2D eigenvalue weighted by atomic mass is 16.5. The number of aryl methyl sites for hydroxylation is 3. The van der Waals surface area contributed by atoms with Crippen molar-refractivity contribution in [1.82, 2.24) is 29.9 Å². The Labute approximate surface area is 191 Å². The minimum absolute atomic E-state index is 0.0475. The molecule has 9 nitrogen and oxygen atoms in total. The van der Waals surface area contributed by atoms with Crippen LogP contribution in [-0.4, -0.2) is 43.0 Å². The minimum atomic E-state index is -0.0475. The number of carbonyl (C=O) groups excluding carboxylic acids is 1. The summed E-state index contributed by atoms with van der Waals surface area (Å²) < 4.78 is 7.15. The van der Waals surface area contributed by atoms with Gasteiger partial charge in [0, 0.05) is 36.3 Å². The Morgan fingerprint density at radius 2 is 1.97 bits per heavy atom. The number of benzene rings is 1. The van der Waals surface area contributed by atoms with E-state index in [1.807, 2.05) is 45.2 Å². The summed E-state index contributed by atoms with van der Waals surface area (Å²) in [6, 6.07) is 7.61. The van der Waals surface area contributed by atoms with Crippen LogP contribution in [0.3, 0.4) is 0 Å². The van der Waals surface area contributed by atoms with Crippen LogP contribution in [0.2, 0.25) is 0 Å². The molecule has 1 fully saturated rings. The third kappa shape index (κ3) is 4.06. The number of amides is 1. The first kappa shape index (κ1) is 21.1. The Balaban J connectivity index is 1.25. The summed E-state index contributed by atoms with van der Waals surface area (Å²) in [7, 11) is 3.46. The van der Waals surface area contributed by atoms with Crippen molar-refractivity contribution < 1.29 is 9.53 Å². The highest BCUT2D eigenvalue weighted by molar-refractivity contribution is 5.91. The van der Waals surface area contributed by atoms with Crippen LogP contribution in [-0.2, 0) is 18.3 Å². The van der Waals surface area contributed by atoms with Crippen molar-refractivity contribution in [2.24, 2.45) is 7.05 Å². The van der Waals surface area contributed by atoms with Gasteiger partial charge >= 0.3 is 0 Å². The topological polar surface area (TPSA) is 111 Å². The summed E-state index contributed by atoms with van der Waals surface area (Å²) in [6.45, 7) is 4.00. The molecule has 3 heterocycles. The normalized spacial score (nSPS) is 13.5. The van der Waals surface area contributed by atoms with E-state index in [1.165, 1.54) is 12.8 Å². The van der Waals surface area contributed by atoms with Gasteiger partial charge in [0.2, 0.25) is 11.8 Å². The van der Waals surface area contributed by atoms with Gasteiger partial charge < -0.3 is 10.1 Å². The van der Waals surface area contributed by atoms with Crippen LogP contribution in [0.4, 0.5) is 5.69 Å². The SMILES string of the molecule is COc1nn(C)c2nc(C)c(CCC(=O)Nc3ccc(-c4n[nH]c(C5CC5)n4)cc3)c(C)c12. The zero-order valence-electron chi connectivity index (χ0n) is 19.3. The number of aromatic amines is 1. The van der Waals surface area contributed by atoms with Gasteiger partial charge in [-0.2, -0.15) is 5.10 Å². The lowest BCUT2D eigenvalue weighted by molar-refractivity contribution is -0.116. The largest absolute Gasteiger partial charge is 0.479 e. The number of ether oxygens (including phenoxy) is 1. The fraction of sp³-hybridized carbons (Fsp3) is 0.375. The molecule has 33 heavy (non-hydrogen) atoms. The second kappa shape index (κ2) is 8.31. The number of fused-ring (bicyclic) bond motifs is 1. The second-order valence-electron chi connectivity index (χ2n) is 8.58. The van der Waals surface area contributed by atoms with Gasteiger partial charge in [-0.3, -0.25) is 9.89 Å². The molecule has 0 bridgehead atoms. The third-order valence-corrected chi connectivity index (χ3v) is 6.21. The summed E-state index contributed by atoms with van der Waals surface area (Å²) in [4.78, 5) is 21.9. The van der Waals surface area contributed by atoms with Crippen LogP contribution < -0.4 is 10.1 Å². The van der Waals surface area contributed by atoms with Crippen molar-refractivity contribution in [2.45, 2.75) is 45.4 Å². The molecular weight excluding hydrogens is 418 g/mol. The fourth-order valence-electron chi connectivity index (χ4n) is 4.21. The Morgan fingerprint density at radius 1 is 1.21 bits per heavy atom. The smallest absolute Gasteiger partial charge is 0.242 e. The molecule has 1 aliphatic carbocycles. The molecule has 4 aromatic rings. The van der Waals surface area contributed by atoms with Gasteiger partial charge in [-0.1, -0.05) is 0 Å². The van der Waals surface area contributed by atoms with E-state index in [9.17, 15) is 4.79 Å². The molecule has 1 amide bonds. The predicted molar refractivity (Wildman–Crippen MR) is 125 cm³/mol. The molecule has 1 aliphatic rings. The monoisotopic (exact) mass is 445 g/mol. The minimum Gasteiger partial charge on any atom is -0.479 e. The zero-order chi connectivity index (χ0) is 23.1. The molecule has 0 aliphatic heterocycles. The Kier molecular flexibility index (Phi) is 5.32. The molecule has 0 saturated heterocycles. The number of anilines is 1. The van der Waals surface area contributed by atoms with Crippen LogP contribution in [0.25, 0.3) is 22.4 Å². The Hall–Kier alpha value is -3.75. The van der Waals surface area contributed by atoms with E-state index in [1.54, 1.807) is 11.8 Å². The van der Waals surface area contributed by atoms with Gasteiger partial charge in [0.1, 0.15) is 5.82 Å². The highest BCUT2D eigenvalue weighted by Gasteiger charge is 2.27. The number of aromatic nitrogens is 6. The van der Waals surface area contributed by atoms with Crippen LogP contribution in [0.1, 0.15) is 47.8 Å². The van der Waals surface area contributed by atoms with Crippen molar-refractivity contribution in [1.29, 1.82) is 0 Å². The number of pyridine rings is 1. The average Bonchev–Trinajstić information content (AvgIpc) is 3.44. The number of nitrogens with zero attached hydrogens (tertiary/aromatic N) is 5. The van der Waals surface area contributed by atoms with E-state index in [2.05, 4.69) is 25.6 Å². The van der Waals surface area contributed by atoms with Gasteiger partial charge in [-0.05, 0) is 68.5 Å². The van der Waals surface area contributed by atoms with E-state index in [0.717, 1.165) is 44.9 Å². The number of carbonyl (C=O) groups is 1. The summed E-state index contributed by atoms with van der Waals surface area (Å²) in [5.74, 6) is 2.69. The molecule has 1 aromatic carbocycles. The fourth-order valence-corrected chi connectivity index (χ4v) is 4.21. The lowest BCUT2D eigenvalue weighted by Gasteiger charge is -2.11. The highest BCUT2D eigenvalue weighted by Crippen LogP contribution is 2.38. The third-order valence-electron chi connectivity index (χ3n) is 6.21. The molecule has 2 N–H and O–H groups in total. The van der Waals surface area contributed by atoms with Crippen molar-refractivity contribution in [3.8, 4) is 17.3 Å². The molecule has 0 radical (unpaired) electrons. The summed E-state index contributed by atoms with van der Waals surface area (Å²) in [5.41, 5.74) is 5.46. The molecule has 170 valence electrons. The van der Waals surface area contributed by atoms with Gasteiger partial charge in [0.15, 0.2) is 11.5 Å². The van der Waals surface area contributed by atoms with E-state index in [-0.39, 0.29) is 5.91 Å². The predicted octanol–water partition coefficient (Wildman–Crippen LogP) is 3.83. The molecule has 9 heteroatoms. The number of H-pyrrole nitrogens is 1. The standard InChI is InChI=1S/C24H27N7O2/c1-13-18(14(2)25-23-20(13)24(33-4)30-31(23)3)11-12-19(32)26-17-9-7-16(8-10-17)22-27-21(28-29-22)15-5-6-15/h7-10,15H,5-6,11-12H2,1-4H3,(H,26,32)(H,27,28,29). The maximum absolute atomic E-state index is 12.6. The molecule has 3 aromatic heterocycles. The average molecular weight is 446 g/mol. The first-order valence-corrected chi connectivity index (χ1v) is 11.1. The second-order valence-corrected chi connectivity index (χ2v) is 8.58. The first-order valence-electron chi connectivity index (χ1n) is 11.1. The number of hydrogen-bond acceptors (Lipinski definition) is 6. The molecule has 0 unspecified atom stereocenters. The van der Waals surface area contributed by atoms with Gasteiger partial charge in [-0.25, -0.2) is 14.6 Å². The Bertz CT molecular complexity index is 1330. The lowest BCUT2D eigenvalue weighted by atomic mass is 10.00. The summed E-state index contributed by atoms with van der Waals surface area (Å²) >= 11 is 0. The molecule has 1 saturated carbocycles. The molecule has 0 spiro atoms. The number of methoxy groups -OCH3 is 1. The van der Waals surface area contributed by atoms with E-state index < -0.39 is 0 Å². The van der Waals surface area contributed by atoms with Gasteiger partial charge in [-0.15, -0.1) is 5.10 Å². The summed E-state index contributed by atoms with van der Waals surface area (Å²) in [6.07, 6.45) is 3.30. The van der Waals surface area contributed by atoms with Crippen LogP contribution in [0, 0.1) is 13.8 Å². The maximum atomic E-state index is 12.6. The number of nitrogens with one attached hydrogen (secondary N) is 2. The van der Waals surface area contributed by atoms with Crippen LogP contribution >= 0.6 is 0 Å². The quantitative estimate of drug-likeness (QED) is 0.447. The Morgan fingerprint density at radius 3 is 2.67 bits per heavy atom. The zero-order valence-corrected chi connectivity index (χ0v) is 19.3. The van der Waals surface area contributed by atoms with Gasteiger partial charge in [0.05, 0.1) is 12.5 Å². The van der Waals surface area contributed by atoms with Crippen molar-refractivity contribution in [3.63, 3.8) is 0 Å². The molecule has 5 rings (SSSR count). The van der Waals surface area contributed by atoms with Crippen LogP contribution in [0.5, 0.6) is 5.88 Å². The van der Waals surface area contributed by atoms with Gasteiger partial charge in [0.25, 0.3) is 0 Å². The number of hydrogen-bond donors (Lipinski definition) is 2. The van der Waals surface area contributed by atoms with E-state index in [4.69, 9.17) is 9.72 Å². The number of rotatable bonds is 7. The first-order chi connectivity index (χ1) is 15.9. The van der Waals surface area contributed by atoms with E-state index in [0.29, 0.717) is 30.5 Å². The lowest BCUT2D eigenvalue weighted by Crippen LogP contribution is -2.13.